The molecule has 0 radical (unpaired) electrons. The molecule has 2 atom stereocenters. The predicted octanol–water partition coefficient (Wildman–Crippen LogP) is 4.24. The van der Waals surface area contributed by atoms with Gasteiger partial charge < -0.3 is 5.73 Å². The number of nitrogens with zero attached hydrogens (tertiary/aromatic N) is 1. The van der Waals surface area contributed by atoms with Crippen LogP contribution in [0.2, 0.25) is 5.02 Å². The van der Waals surface area contributed by atoms with E-state index in [0.29, 0.717) is 23.0 Å². The highest BCUT2D eigenvalue weighted by atomic mass is 35.5. The van der Waals surface area contributed by atoms with E-state index in [4.69, 9.17) is 17.3 Å². The van der Waals surface area contributed by atoms with Crippen molar-refractivity contribution in [2.24, 2.45) is 17.6 Å². The molecule has 2 nitrogen and oxygen atoms in total. The lowest BCUT2D eigenvalue weighted by molar-refractivity contribution is 0.200. The molecule has 0 aromatic heterocycles. The molecule has 0 bridgehead atoms. The van der Waals surface area contributed by atoms with E-state index in [-0.39, 0.29) is 11.9 Å². The molecule has 118 valence electrons. The van der Waals surface area contributed by atoms with Crippen LogP contribution in [0.15, 0.2) is 18.2 Å². The van der Waals surface area contributed by atoms with E-state index >= 15 is 0 Å². The second kappa shape index (κ2) is 7.57. The normalized spacial score (nSPS) is 22.3. The van der Waals surface area contributed by atoms with Gasteiger partial charge in [-0.2, -0.15) is 0 Å². The Labute approximate surface area is 132 Å². The highest BCUT2D eigenvalue weighted by Crippen LogP contribution is 2.33. The molecule has 1 aromatic carbocycles. The second-order valence-corrected chi connectivity index (χ2v) is 6.77. The van der Waals surface area contributed by atoms with Crippen molar-refractivity contribution in [3.05, 3.63) is 34.6 Å². The van der Waals surface area contributed by atoms with Crippen molar-refractivity contribution in [3.63, 3.8) is 0 Å². The van der Waals surface area contributed by atoms with Crippen LogP contribution in [-0.2, 0) is 0 Å². The van der Waals surface area contributed by atoms with E-state index < -0.39 is 0 Å². The van der Waals surface area contributed by atoms with Gasteiger partial charge in [-0.1, -0.05) is 31.5 Å². The molecule has 2 rings (SSSR count). The Bertz CT molecular complexity index is 444. The van der Waals surface area contributed by atoms with E-state index in [1.54, 1.807) is 12.1 Å². The average Bonchev–Trinajstić information content (AvgIpc) is 2.69. The standard InChI is InChI=1S/C17H26ClFN2/c1-12(2)13-5-4-9-21(10-8-13)16(11-20)17-14(18)6-3-7-15(17)19/h3,6-7,12-13,16H,4-5,8-11,20H2,1-2H3. The van der Waals surface area contributed by atoms with Crippen LogP contribution in [0.5, 0.6) is 0 Å². The largest absolute Gasteiger partial charge is 0.329 e. The molecule has 1 aliphatic heterocycles. The number of rotatable bonds is 4. The third kappa shape index (κ3) is 3.97. The molecule has 1 saturated heterocycles. The summed E-state index contributed by atoms with van der Waals surface area (Å²) in [4.78, 5) is 2.31. The minimum absolute atomic E-state index is 0.121. The van der Waals surface area contributed by atoms with Gasteiger partial charge in [-0.05, 0) is 56.3 Å². The maximum absolute atomic E-state index is 14.2. The summed E-state index contributed by atoms with van der Waals surface area (Å²) in [7, 11) is 0. The molecule has 0 saturated carbocycles. The molecule has 1 aromatic rings. The zero-order valence-electron chi connectivity index (χ0n) is 13.0. The summed E-state index contributed by atoms with van der Waals surface area (Å²) in [6, 6.07) is 4.74. The Morgan fingerprint density at radius 1 is 1.33 bits per heavy atom. The highest BCUT2D eigenvalue weighted by Gasteiger charge is 2.27. The Hall–Kier alpha value is -0.640. The summed E-state index contributed by atoms with van der Waals surface area (Å²) in [6.45, 7) is 6.90. The fourth-order valence-corrected chi connectivity index (χ4v) is 3.69. The molecule has 2 N–H and O–H groups in total. The third-order valence-electron chi connectivity index (χ3n) is 4.75. The van der Waals surface area contributed by atoms with Crippen molar-refractivity contribution < 1.29 is 4.39 Å². The molecule has 21 heavy (non-hydrogen) atoms. The van der Waals surface area contributed by atoms with Crippen molar-refractivity contribution in [1.82, 2.24) is 4.90 Å². The molecule has 4 heteroatoms. The van der Waals surface area contributed by atoms with Crippen molar-refractivity contribution in [2.75, 3.05) is 19.6 Å². The first kappa shape index (κ1) is 16.7. The van der Waals surface area contributed by atoms with E-state index in [0.717, 1.165) is 31.8 Å². The van der Waals surface area contributed by atoms with Gasteiger partial charge in [0.05, 0.1) is 6.04 Å². The molecular weight excluding hydrogens is 287 g/mol. The first-order chi connectivity index (χ1) is 10.0. The van der Waals surface area contributed by atoms with Crippen LogP contribution < -0.4 is 5.73 Å². The zero-order chi connectivity index (χ0) is 15.4. The summed E-state index contributed by atoms with van der Waals surface area (Å²) in [5.74, 6) is 1.21. The Balaban J connectivity index is 2.18. The number of nitrogens with two attached hydrogens (primary N) is 1. The smallest absolute Gasteiger partial charge is 0.129 e. The minimum Gasteiger partial charge on any atom is -0.329 e. The van der Waals surface area contributed by atoms with Gasteiger partial charge in [-0.25, -0.2) is 4.39 Å². The van der Waals surface area contributed by atoms with Gasteiger partial charge in [-0.3, -0.25) is 4.90 Å². The molecule has 1 heterocycles. The highest BCUT2D eigenvalue weighted by molar-refractivity contribution is 6.31. The van der Waals surface area contributed by atoms with Gasteiger partial charge in [0.15, 0.2) is 0 Å². The molecule has 1 fully saturated rings. The predicted molar refractivity (Wildman–Crippen MR) is 87.0 cm³/mol. The monoisotopic (exact) mass is 312 g/mol. The third-order valence-corrected chi connectivity index (χ3v) is 5.08. The van der Waals surface area contributed by atoms with Gasteiger partial charge in [0.25, 0.3) is 0 Å². The summed E-state index contributed by atoms with van der Waals surface area (Å²) in [5.41, 5.74) is 6.51. The van der Waals surface area contributed by atoms with Crippen LogP contribution in [-0.4, -0.2) is 24.5 Å². The fourth-order valence-electron chi connectivity index (χ4n) is 3.40. The van der Waals surface area contributed by atoms with Crippen molar-refractivity contribution in [1.29, 1.82) is 0 Å². The first-order valence-corrected chi connectivity index (χ1v) is 8.30. The minimum atomic E-state index is -0.248. The van der Waals surface area contributed by atoms with Crippen LogP contribution in [0.25, 0.3) is 0 Å². The lowest BCUT2D eigenvalue weighted by Crippen LogP contribution is -2.35. The summed E-state index contributed by atoms with van der Waals surface area (Å²) >= 11 is 6.22. The van der Waals surface area contributed by atoms with Gasteiger partial charge in [-0.15, -0.1) is 0 Å². The summed E-state index contributed by atoms with van der Waals surface area (Å²) < 4.78 is 14.2. The molecule has 0 amide bonds. The second-order valence-electron chi connectivity index (χ2n) is 6.36. The van der Waals surface area contributed by atoms with Gasteiger partial charge in [0.1, 0.15) is 5.82 Å². The topological polar surface area (TPSA) is 29.3 Å². The lowest BCUT2D eigenvalue weighted by Gasteiger charge is -2.31. The molecule has 2 unspecified atom stereocenters. The fraction of sp³-hybridized carbons (Fsp3) is 0.647. The first-order valence-electron chi connectivity index (χ1n) is 7.92. The van der Waals surface area contributed by atoms with Gasteiger partial charge in [0, 0.05) is 17.1 Å². The van der Waals surface area contributed by atoms with E-state index in [9.17, 15) is 4.39 Å². The van der Waals surface area contributed by atoms with E-state index in [2.05, 4.69) is 18.7 Å². The van der Waals surface area contributed by atoms with Crippen molar-refractivity contribution >= 4 is 11.6 Å². The number of likely N-dealkylation sites (tertiary alicyclic amines) is 1. The summed E-state index contributed by atoms with van der Waals surface area (Å²) in [5, 5.41) is 0.482. The number of hydrogen-bond donors (Lipinski definition) is 1. The average molecular weight is 313 g/mol. The molecular formula is C17H26ClFN2. The Kier molecular flexibility index (Phi) is 6.03. The molecule has 0 aliphatic carbocycles. The Morgan fingerprint density at radius 3 is 2.71 bits per heavy atom. The van der Waals surface area contributed by atoms with Crippen LogP contribution in [0, 0.1) is 17.7 Å². The van der Waals surface area contributed by atoms with Crippen molar-refractivity contribution in [2.45, 2.75) is 39.2 Å². The Morgan fingerprint density at radius 2 is 2.10 bits per heavy atom. The number of hydrogen-bond acceptors (Lipinski definition) is 2. The molecule has 0 spiro atoms. The van der Waals surface area contributed by atoms with Crippen LogP contribution >= 0.6 is 11.6 Å². The van der Waals surface area contributed by atoms with E-state index in [1.165, 1.54) is 12.5 Å². The van der Waals surface area contributed by atoms with Crippen LogP contribution in [0.3, 0.4) is 0 Å². The quantitative estimate of drug-likeness (QED) is 0.901. The summed E-state index contributed by atoms with van der Waals surface area (Å²) in [6.07, 6.45) is 3.54. The zero-order valence-corrected chi connectivity index (χ0v) is 13.7. The van der Waals surface area contributed by atoms with Crippen molar-refractivity contribution in [3.8, 4) is 0 Å². The number of halogens is 2. The van der Waals surface area contributed by atoms with E-state index in [1.807, 2.05) is 0 Å². The van der Waals surface area contributed by atoms with Gasteiger partial charge >= 0.3 is 0 Å². The van der Waals surface area contributed by atoms with Crippen LogP contribution in [0.1, 0.15) is 44.7 Å². The lowest BCUT2D eigenvalue weighted by atomic mass is 9.89. The SMILES string of the molecule is CC(C)C1CCCN(C(CN)c2c(F)cccc2Cl)CC1. The van der Waals surface area contributed by atoms with Gasteiger partial charge in [0.2, 0.25) is 0 Å². The van der Waals surface area contributed by atoms with Crippen LogP contribution in [0.4, 0.5) is 4.39 Å². The number of benzene rings is 1. The maximum atomic E-state index is 14.2. The molecule has 1 aliphatic rings. The maximum Gasteiger partial charge on any atom is 0.129 e.